The van der Waals surface area contributed by atoms with Crippen LogP contribution in [0.1, 0.15) is 6.42 Å². The molecule has 1 heterocycles. The molecule has 0 radical (unpaired) electrons. The van der Waals surface area contributed by atoms with Crippen LogP contribution < -0.4 is 4.74 Å². The van der Waals surface area contributed by atoms with Crippen LogP contribution >= 0.6 is 23.2 Å². The highest BCUT2D eigenvalue weighted by molar-refractivity contribution is 7.91. The van der Waals surface area contributed by atoms with E-state index in [0.29, 0.717) is 22.2 Å². The van der Waals surface area contributed by atoms with Gasteiger partial charge in [-0.2, -0.15) is 0 Å². The van der Waals surface area contributed by atoms with Gasteiger partial charge < -0.3 is 9.64 Å². The molecule has 5 nitrogen and oxygen atoms in total. The van der Waals surface area contributed by atoms with Crippen LogP contribution in [-0.4, -0.2) is 50.4 Å². The number of likely N-dealkylation sites (N-methyl/N-ethyl adjacent to an activating group) is 1. The van der Waals surface area contributed by atoms with Gasteiger partial charge >= 0.3 is 0 Å². The lowest BCUT2D eigenvalue weighted by atomic mass is 10.2. The van der Waals surface area contributed by atoms with E-state index in [1.807, 2.05) is 0 Å². The third-order valence-corrected chi connectivity index (χ3v) is 5.69. The van der Waals surface area contributed by atoms with Crippen LogP contribution in [0.25, 0.3) is 0 Å². The quantitative estimate of drug-likeness (QED) is 0.832. The topological polar surface area (TPSA) is 63.7 Å². The summed E-state index contributed by atoms with van der Waals surface area (Å²) in [6, 6.07) is 4.43. The first kappa shape index (κ1) is 16.4. The molecule has 8 heteroatoms. The molecular weight excluding hydrogens is 337 g/mol. The van der Waals surface area contributed by atoms with Crippen molar-refractivity contribution in [2.45, 2.75) is 12.5 Å². The summed E-state index contributed by atoms with van der Waals surface area (Å²) in [6.45, 7) is -0.215. The Balaban J connectivity index is 1.94. The number of sulfone groups is 1. The lowest BCUT2D eigenvalue weighted by Crippen LogP contribution is -2.40. The Bertz CT molecular complexity index is 648. The Kier molecular flexibility index (Phi) is 5.01. The Labute approximate surface area is 133 Å². The summed E-state index contributed by atoms with van der Waals surface area (Å²) >= 11 is 11.8. The van der Waals surface area contributed by atoms with Gasteiger partial charge in [0.15, 0.2) is 16.4 Å². The molecule has 116 valence electrons. The maximum absolute atomic E-state index is 12.0. The van der Waals surface area contributed by atoms with Crippen LogP contribution in [0.2, 0.25) is 10.0 Å². The molecule has 0 saturated carbocycles. The molecule has 21 heavy (non-hydrogen) atoms. The average molecular weight is 352 g/mol. The maximum atomic E-state index is 12.0. The highest BCUT2D eigenvalue weighted by atomic mass is 35.5. The third-order valence-electron chi connectivity index (χ3n) is 3.39. The summed E-state index contributed by atoms with van der Waals surface area (Å²) in [5.41, 5.74) is 0. The highest BCUT2D eigenvalue weighted by Crippen LogP contribution is 2.27. The Hall–Kier alpha value is -0.980. The van der Waals surface area contributed by atoms with Gasteiger partial charge in [0.2, 0.25) is 0 Å². The zero-order valence-electron chi connectivity index (χ0n) is 11.4. The van der Waals surface area contributed by atoms with E-state index in [9.17, 15) is 13.2 Å². The second-order valence-electron chi connectivity index (χ2n) is 4.92. The van der Waals surface area contributed by atoms with Gasteiger partial charge in [0, 0.05) is 24.2 Å². The highest BCUT2D eigenvalue weighted by Gasteiger charge is 2.32. The Morgan fingerprint density at radius 1 is 1.43 bits per heavy atom. The largest absolute Gasteiger partial charge is 0.482 e. The van der Waals surface area contributed by atoms with Crippen LogP contribution in [0.4, 0.5) is 0 Å². The first-order valence-electron chi connectivity index (χ1n) is 6.32. The molecular formula is C13H15Cl2NO4S. The number of rotatable bonds is 4. The monoisotopic (exact) mass is 351 g/mol. The molecule has 1 fully saturated rings. The van der Waals surface area contributed by atoms with Crippen molar-refractivity contribution in [3.63, 3.8) is 0 Å². The maximum Gasteiger partial charge on any atom is 0.260 e. The van der Waals surface area contributed by atoms with Gasteiger partial charge in [-0.15, -0.1) is 0 Å². The van der Waals surface area contributed by atoms with Crippen molar-refractivity contribution in [1.29, 1.82) is 0 Å². The lowest BCUT2D eigenvalue weighted by molar-refractivity contribution is -0.133. The minimum Gasteiger partial charge on any atom is -0.482 e. The molecule has 0 spiro atoms. The zero-order valence-corrected chi connectivity index (χ0v) is 13.7. The molecule has 1 amide bonds. The first-order chi connectivity index (χ1) is 9.78. The number of halogens is 2. The van der Waals surface area contributed by atoms with Crippen molar-refractivity contribution >= 4 is 38.9 Å². The predicted octanol–water partition coefficient (Wildman–Crippen LogP) is 2.02. The SMILES string of the molecule is CN(C(=O)COc1cc(Cl)ccc1Cl)C1CCS(=O)(=O)C1. The number of nitrogens with zero attached hydrogens (tertiary/aromatic N) is 1. The fraction of sp³-hybridized carbons (Fsp3) is 0.462. The molecule has 1 aromatic carbocycles. The minimum absolute atomic E-state index is 0.00710. The predicted molar refractivity (Wildman–Crippen MR) is 81.8 cm³/mol. The summed E-state index contributed by atoms with van der Waals surface area (Å²) in [4.78, 5) is 13.5. The first-order valence-corrected chi connectivity index (χ1v) is 8.90. The van der Waals surface area contributed by atoms with Crippen molar-refractivity contribution in [2.75, 3.05) is 25.2 Å². The molecule has 1 aliphatic heterocycles. The second kappa shape index (κ2) is 6.42. The molecule has 1 atom stereocenters. The Morgan fingerprint density at radius 2 is 2.14 bits per heavy atom. The number of carbonyl (C=O) groups excluding carboxylic acids is 1. The van der Waals surface area contributed by atoms with Gasteiger partial charge in [0.05, 0.1) is 16.5 Å². The van der Waals surface area contributed by atoms with Crippen molar-refractivity contribution in [1.82, 2.24) is 4.90 Å². The van der Waals surface area contributed by atoms with Crippen molar-refractivity contribution in [3.8, 4) is 5.75 Å². The number of benzene rings is 1. The van der Waals surface area contributed by atoms with Gasteiger partial charge in [0.25, 0.3) is 5.91 Å². The summed E-state index contributed by atoms with van der Waals surface area (Å²) in [6.07, 6.45) is 0.461. The summed E-state index contributed by atoms with van der Waals surface area (Å²) in [5.74, 6) is 0.154. The molecule has 0 N–H and O–H groups in total. The normalized spacial score (nSPS) is 20.2. The van der Waals surface area contributed by atoms with E-state index in [4.69, 9.17) is 27.9 Å². The van der Waals surface area contributed by atoms with Gasteiger partial charge in [-0.25, -0.2) is 8.42 Å². The zero-order chi connectivity index (χ0) is 15.6. The molecule has 0 bridgehead atoms. The summed E-state index contributed by atoms with van der Waals surface area (Å²) < 4.78 is 28.2. The van der Waals surface area contributed by atoms with E-state index in [0.717, 1.165) is 0 Å². The number of carbonyl (C=O) groups is 1. The molecule has 1 saturated heterocycles. The van der Waals surface area contributed by atoms with Crippen molar-refractivity contribution in [3.05, 3.63) is 28.2 Å². The third kappa shape index (κ3) is 4.25. The van der Waals surface area contributed by atoms with E-state index in [1.54, 1.807) is 19.2 Å². The number of hydrogen-bond donors (Lipinski definition) is 0. The van der Waals surface area contributed by atoms with Gasteiger partial charge in [-0.3, -0.25) is 4.79 Å². The van der Waals surface area contributed by atoms with E-state index in [-0.39, 0.29) is 30.1 Å². The fourth-order valence-electron chi connectivity index (χ4n) is 2.11. The van der Waals surface area contributed by atoms with E-state index in [1.165, 1.54) is 11.0 Å². The molecule has 1 unspecified atom stereocenters. The molecule has 1 aliphatic rings. The average Bonchev–Trinajstić information content (AvgIpc) is 2.79. The van der Waals surface area contributed by atoms with Crippen molar-refractivity contribution < 1.29 is 17.9 Å². The van der Waals surface area contributed by atoms with Crippen LogP contribution in [0.5, 0.6) is 5.75 Å². The van der Waals surface area contributed by atoms with Crippen LogP contribution in [0, 0.1) is 0 Å². The lowest BCUT2D eigenvalue weighted by Gasteiger charge is -2.23. The van der Waals surface area contributed by atoms with Gasteiger partial charge in [-0.05, 0) is 18.6 Å². The number of ether oxygens (including phenoxy) is 1. The molecule has 0 aliphatic carbocycles. The summed E-state index contributed by atoms with van der Waals surface area (Å²) in [5, 5.41) is 0.815. The molecule has 1 aromatic rings. The summed E-state index contributed by atoms with van der Waals surface area (Å²) in [7, 11) is -1.45. The van der Waals surface area contributed by atoms with E-state index >= 15 is 0 Å². The van der Waals surface area contributed by atoms with Gasteiger partial charge in [0.1, 0.15) is 5.75 Å². The molecule has 0 aromatic heterocycles. The number of hydrogen-bond acceptors (Lipinski definition) is 4. The Morgan fingerprint density at radius 3 is 2.76 bits per heavy atom. The van der Waals surface area contributed by atoms with Gasteiger partial charge in [-0.1, -0.05) is 23.2 Å². The van der Waals surface area contributed by atoms with Crippen molar-refractivity contribution in [2.24, 2.45) is 0 Å². The van der Waals surface area contributed by atoms with Crippen LogP contribution in [0.3, 0.4) is 0 Å². The second-order valence-corrected chi connectivity index (χ2v) is 8.00. The molecule has 2 rings (SSSR count). The van der Waals surface area contributed by atoms with Crippen LogP contribution in [0.15, 0.2) is 18.2 Å². The fourth-order valence-corrected chi connectivity index (χ4v) is 4.22. The number of amides is 1. The van der Waals surface area contributed by atoms with E-state index < -0.39 is 9.84 Å². The smallest absolute Gasteiger partial charge is 0.260 e. The standard InChI is InChI=1S/C13H15Cl2NO4S/c1-16(10-4-5-21(18,19)8-10)13(17)7-20-12-6-9(14)2-3-11(12)15/h2-3,6,10H,4-5,7-8H2,1H3. The van der Waals surface area contributed by atoms with E-state index in [2.05, 4.69) is 0 Å². The van der Waals surface area contributed by atoms with Crippen LogP contribution in [-0.2, 0) is 14.6 Å². The minimum atomic E-state index is -3.03.